The van der Waals surface area contributed by atoms with Crippen molar-refractivity contribution in [3.05, 3.63) is 5.82 Å². The minimum absolute atomic E-state index is 0.153. The molecule has 2 atom stereocenters. The van der Waals surface area contributed by atoms with Crippen molar-refractivity contribution in [2.24, 2.45) is 5.92 Å². The topological polar surface area (TPSA) is 49.2 Å². The first-order chi connectivity index (χ1) is 6.66. The molecule has 1 N–H and O–H groups in total. The summed E-state index contributed by atoms with van der Waals surface area (Å²) in [4.78, 5) is 6.56. The van der Waals surface area contributed by atoms with Crippen molar-refractivity contribution in [2.75, 3.05) is 18.0 Å². The van der Waals surface area contributed by atoms with E-state index in [0.29, 0.717) is 5.92 Å². The Balaban J connectivity index is 2.06. The summed E-state index contributed by atoms with van der Waals surface area (Å²) < 4.78 is 4.16. The second-order valence-electron chi connectivity index (χ2n) is 3.90. The van der Waals surface area contributed by atoms with Crippen LogP contribution in [0.4, 0.5) is 5.13 Å². The first kappa shape index (κ1) is 9.86. The highest BCUT2D eigenvalue weighted by molar-refractivity contribution is 7.09. The molecule has 2 unspecified atom stereocenters. The van der Waals surface area contributed by atoms with Gasteiger partial charge < -0.3 is 10.0 Å². The third kappa shape index (κ3) is 1.88. The van der Waals surface area contributed by atoms with Crippen LogP contribution in [0.1, 0.15) is 19.2 Å². The summed E-state index contributed by atoms with van der Waals surface area (Å²) >= 11 is 1.44. The van der Waals surface area contributed by atoms with Gasteiger partial charge in [0.2, 0.25) is 5.13 Å². The molecule has 2 heterocycles. The van der Waals surface area contributed by atoms with Crippen LogP contribution in [0.25, 0.3) is 0 Å². The molecule has 4 nitrogen and oxygen atoms in total. The Labute approximate surface area is 87.8 Å². The van der Waals surface area contributed by atoms with Crippen molar-refractivity contribution in [1.29, 1.82) is 0 Å². The fraction of sp³-hybridized carbons (Fsp3) is 0.778. The fourth-order valence-electron chi connectivity index (χ4n) is 1.72. The van der Waals surface area contributed by atoms with E-state index in [4.69, 9.17) is 0 Å². The largest absolute Gasteiger partial charge is 0.393 e. The molecule has 1 aromatic rings. The zero-order valence-electron chi connectivity index (χ0n) is 8.47. The maximum Gasteiger partial charge on any atom is 0.205 e. The van der Waals surface area contributed by atoms with E-state index in [1.54, 1.807) is 0 Å². The van der Waals surface area contributed by atoms with Gasteiger partial charge in [-0.25, -0.2) is 4.98 Å². The number of hydrogen-bond acceptors (Lipinski definition) is 5. The van der Waals surface area contributed by atoms with E-state index in [-0.39, 0.29) is 6.10 Å². The summed E-state index contributed by atoms with van der Waals surface area (Å²) in [7, 11) is 0. The Hall–Kier alpha value is -0.680. The van der Waals surface area contributed by atoms with Gasteiger partial charge in [0.1, 0.15) is 5.82 Å². The summed E-state index contributed by atoms with van der Waals surface area (Å²) in [5, 5.41) is 10.6. The Morgan fingerprint density at radius 2 is 2.36 bits per heavy atom. The quantitative estimate of drug-likeness (QED) is 0.757. The highest BCUT2D eigenvalue weighted by Crippen LogP contribution is 2.24. The van der Waals surface area contributed by atoms with Gasteiger partial charge in [0.15, 0.2) is 0 Å². The third-order valence-corrected chi connectivity index (χ3v) is 3.52. The monoisotopic (exact) mass is 213 g/mol. The van der Waals surface area contributed by atoms with E-state index in [1.165, 1.54) is 11.5 Å². The van der Waals surface area contributed by atoms with E-state index in [1.807, 2.05) is 6.92 Å². The van der Waals surface area contributed by atoms with Crippen LogP contribution in [-0.2, 0) is 0 Å². The normalized spacial score (nSPS) is 28.1. The molecule has 2 rings (SSSR count). The number of rotatable bonds is 1. The molecule has 0 bridgehead atoms. The minimum Gasteiger partial charge on any atom is -0.393 e. The summed E-state index contributed by atoms with van der Waals surface area (Å²) in [6.45, 7) is 5.75. The van der Waals surface area contributed by atoms with Gasteiger partial charge in [-0.3, -0.25) is 0 Å². The Morgan fingerprint density at radius 1 is 1.57 bits per heavy atom. The van der Waals surface area contributed by atoms with Crippen LogP contribution in [0.5, 0.6) is 0 Å². The van der Waals surface area contributed by atoms with E-state index >= 15 is 0 Å². The van der Waals surface area contributed by atoms with Gasteiger partial charge in [0, 0.05) is 24.6 Å². The molecule has 0 spiro atoms. The second-order valence-corrected chi connectivity index (χ2v) is 4.63. The van der Waals surface area contributed by atoms with Gasteiger partial charge in [0.25, 0.3) is 0 Å². The molecule has 1 aliphatic heterocycles. The number of anilines is 1. The van der Waals surface area contributed by atoms with Crippen LogP contribution in [0.15, 0.2) is 0 Å². The molecule has 0 saturated carbocycles. The van der Waals surface area contributed by atoms with E-state index in [9.17, 15) is 5.11 Å². The van der Waals surface area contributed by atoms with Crippen molar-refractivity contribution in [3.63, 3.8) is 0 Å². The molecule has 0 aliphatic carbocycles. The van der Waals surface area contributed by atoms with Gasteiger partial charge in [-0.05, 0) is 19.3 Å². The molecule has 5 heteroatoms. The number of aliphatic hydroxyl groups is 1. The number of piperidine rings is 1. The van der Waals surface area contributed by atoms with Crippen molar-refractivity contribution in [3.8, 4) is 0 Å². The van der Waals surface area contributed by atoms with Gasteiger partial charge in [-0.15, -0.1) is 0 Å². The van der Waals surface area contributed by atoms with Gasteiger partial charge >= 0.3 is 0 Å². The van der Waals surface area contributed by atoms with Gasteiger partial charge in [-0.1, -0.05) is 6.92 Å². The predicted molar refractivity (Wildman–Crippen MR) is 56.6 cm³/mol. The predicted octanol–water partition coefficient (Wildman–Crippen LogP) is 1.05. The molecule has 14 heavy (non-hydrogen) atoms. The first-order valence-corrected chi connectivity index (χ1v) is 5.67. The zero-order valence-corrected chi connectivity index (χ0v) is 9.29. The van der Waals surface area contributed by atoms with Crippen LogP contribution < -0.4 is 4.90 Å². The highest BCUT2D eigenvalue weighted by Gasteiger charge is 2.25. The lowest BCUT2D eigenvalue weighted by atomic mass is 9.97. The second kappa shape index (κ2) is 3.82. The maximum atomic E-state index is 9.59. The van der Waals surface area contributed by atoms with Crippen molar-refractivity contribution < 1.29 is 5.11 Å². The van der Waals surface area contributed by atoms with Crippen LogP contribution in [0.3, 0.4) is 0 Å². The smallest absolute Gasteiger partial charge is 0.205 e. The lowest BCUT2D eigenvalue weighted by Crippen LogP contribution is -2.41. The molecule has 1 fully saturated rings. The molecular formula is C9H15N3OS. The highest BCUT2D eigenvalue weighted by atomic mass is 32.1. The van der Waals surface area contributed by atoms with Crippen molar-refractivity contribution in [1.82, 2.24) is 9.36 Å². The number of aryl methyl sites for hydroxylation is 1. The van der Waals surface area contributed by atoms with Crippen molar-refractivity contribution >= 4 is 16.7 Å². The minimum atomic E-state index is -0.153. The fourth-order valence-corrected chi connectivity index (χ4v) is 2.43. The molecule has 1 saturated heterocycles. The molecule has 0 radical (unpaired) electrons. The Morgan fingerprint density at radius 3 is 2.93 bits per heavy atom. The number of aromatic nitrogens is 2. The van der Waals surface area contributed by atoms with E-state index < -0.39 is 0 Å². The number of aliphatic hydroxyl groups excluding tert-OH is 1. The molecule has 78 valence electrons. The average Bonchev–Trinajstić information content (AvgIpc) is 2.57. The molecule has 0 amide bonds. The SMILES string of the molecule is Cc1nsc(N2CCC(O)C(C)C2)n1. The van der Waals surface area contributed by atoms with Crippen LogP contribution in [-0.4, -0.2) is 33.7 Å². The standard InChI is InChI=1S/C9H15N3OS/c1-6-5-12(4-3-8(6)13)9-10-7(2)11-14-9/h6,8,13H,3-5H2,1-2H3. The summed E-state index contributed by atoms with van der Waals surface area (Å²) in [5.74, 6) is 1.16. The van der Waals surface area contributed by atoms with Gasteiger partial charge in [-0.2, -0.15) is 4.37 Å². The summed E-state index contributed by atoms with van der Waals surface area (Å²) in [6.07, 6.45) is 0.681. The van der Waals surface area contributed by atoms with Crippen molar-refractivity contribution in [2.45, 2.75) is 26.4 Å². The molecule has 1 aliphatic rings. The zero-order chi connectivity index (χ0) is 10.1. The van der Waals surface area contributed by atoms with Crippen LogP contribution >= 0.6 is 11.5 Å². The molecule has 0 aromatic carbocycles. The first-order valence-electron chi connectivity index (χ1n) is 4.90. The van der Waals surface area contributed by atoms with Crippen LogP contribution in [0.2, 0.25) is 0 Å². The van der Waals surface area contributed by atoms with E-state index in [0.717, 1.165) is 30.5 Å². The Kier molecular flexibility index (Phi) is 2.69. The summed E-state index contributed by atoms with van der Waals surface area (Å²) in [5.41, 5.74) is 0. The lowest BCUT2D eigenvalue weighted by Gasteiger charge is -2.33. The number of nitrogens with zero attached hydrogens (tertiary/aromatic N) is 3. The number of hydrogen-bond donors (Lipinski definition) is 1. The molecular weight excluding hydrogens is 198 g/mol. The van der Waals surface area contributed by atoms with Gasteiger partial charge in [0.05, 0.1) is 6.10 Å². The molecule has 1 aromatic heterocycles. The Bertz CT molecular complexity index is 315. The lowest BCUT2D eigenvalue weighted by molar-refractivity contribution is 0.0971. The van der Waals surface area contributed by atoms with E-state index in [2.05, 4.69) is 21.2 Å². The summed E-state index contributed by atoms with van der Waals surface area (Å²) in [6, 6.07) is 0. The maximum absolute atomic E-state index is 9.59. The van der Waals surface area contributed by atoms with Crippen LogP contribution in [0, 0.1) is 12.8 Å². The average molecular weight is 213 g/mol. The third-order valence-electron chi connectivity index (χ3n) is 2.65.